The molecule has 0 aromatic carbocycles. The van der Waals surface area contributed by atoms with Crippen molar-refractivity contribution in [3.8, 4) is 0 Å². The number of hydrogen-bond acceptors (Lipinski definition) is 4. The molecule has 0 spiro atoms. The Morgan fingerprint density at radius 3 is 2.44 bits per heavy atom. The van der Waals surface area contributed by atoms with E-state index < -0.39 is 16.0 Å². The standard InChI is InChI=1S/C9H12N2O4S/c1-6(2)11-16(14,15)7-3-4-8(9(12)13)10-5-7/h3-6,11H,1-2H3,(H,12,13). The molecule has 0 aliphatic rings. The summed E-state index contributed by atoms with van der Waals surface area (Å²) in [5.74, 6) is -1.19. The van der Waals surface area contributed by atoms with Crippen molar-refractivity contribution in [3.63, 3.8) is 0 Å². The summed E-state index contributed by atoms with van der Waals surface area (Å²) in [7, 11) is -3.61. The van der Waals surface area contributed by atoms with Gasteiger partial charge < -0.3 is 5.11 Å². The van der Waals surface area contributed by atoms with E-state index in [1.807, 2.05) is 0 Å². The van der Waals surface area contributed by atoms with Crippen LogP contribution in [-0.4, -0.2) is 30.5 Å². The molecule has 0 aliphatic carbocycles. The highest BCUT2D eigenvalue weighted by Crippen LogP contribution is 2.08. The van der Waals surface area contributed by atoms with Crippen molar-refractivity contribution in [1.29, 1.82) is 0 Å². The van der Waals surface area contributed by atoms with Crippen molar-refractivity contribution in [2.45, 2.75) is 24.8 Å². The summed E-state index contributed by atoms with van der Waals surface area (Å²) in [6.07, 6.45) is 1.02. The quantitative estimate of drug-likeness (QED) is 0.802. The maximum atomic E-state index is 11.6. The number of nitrogens with zero attached hydrogens (tertiary/aromatic N) is 1. The fourth-order valence-electron chi connectivity index (χ4n) is 1.04. The third-order valence-electron chi connectivity index (χ3n) is 1.66. The zero-order chi connectivity index (χ0) is 12.3. The summed E-state index contributed by atoms with van der Waals surface area (Å²) >= 11 is 0. The molecule has 0 atom stereocenters. The van der Waals surface area contributed by atoms with Crippen LogP contribution in [0.5, 0.6) is 0 Å². The molecule has 88 valence electrons. The largest absolute Gasteiger partial charge is 0.477 e. The topological polar surface area (TPSA) is 96.4 Å². The first-order valence-corrected chi connectivity index (χ1v) is 6.03. The highest BCUT2D eigenvalue weighted by molar-refractivity contribution is 7.89. The number of nitrogens with one attached hydrogen (secondary N) is 1. The molecule has 0 saturated carbocycles. The Hall–Kier alpha value is -1.47. The summed E-state index contributed by atoms with van der Waals surface area (Å²) in [5.41, 5.74) is -0.191. The summed E-state index contributed by atoms with van der Waals surface area (Å²) in [6, 6.07) is 2.13. The molecular weight excluding hydrogens is 232 g/mol. The van der Waals surface area contributed by atoms with E-state index in [-0.39, 0.29) is 16.6 Å². The fourth-order valence-corrected chi connectivity index (χ4v) is 2.24. The van der Waals surface area contributed by atoms with E-state index in [4.69, 9.17) is 5.11 Å². The Balaban J connectivity index is 3.02. The van der Waals surface area contributed by atoms with Crippen LogP contribution in [0.3, 0.4) is 0 Å². The zero-order valence-corrected chi connectivity index (χ0v) is 9.65. The van der Waals surface area contributed by atoms with Gasteiger partial charge in [0.05, 0.1) is 0 Å². The Bertz CT molecular complexity index is 479. The van der Waals surface area contributed by atoms with Crippen LogP contribution in [0.2, 0.25) is 0 Å². The molecule has 2 N–H and O–H groups in total. The van der Waals surface area contributed by atoms with Gasteiger partial charge in [0.2, 0.25) is 10.0 Å². The van der Waals surface area contributed by atoms with Crippen LogP contribution in [0, 0.1) is 0 Å². The van der Waals surface area contributed by atoms with Crippen LogP contribution in [0.15, 0.2) is 23.2 Å². The molecule has 0 saturated heterocycles. The van der Waals surface area contributed by atoms with E-state index >= 15 is 0 Å². The molecule has 6 nitrogen and oxygen atoms in total. The van der Waals surface area contributed by atoms with Gasteiger partial charge >= 0.3 is 5.97 Å². The molecular formula is C9H12N2O4S. The van der Waals surface area contributed by atoms with Crippen LogP contribution >= 0.6 is 0 Å². The third-order valence-corrected chi connectivity index (χ3v) is 3.30. The summed E-state index contributed by atoms with van der Waals surface area (Å²) < 4.78 is 25.6. The number of carbonyl (C=O) groups is 1. The van der Waals surface area contributed by atoms with Gasteiger partial charge in [0.1, 0.15) is 10.6 Å². The first-order valence-electron chi connectivity index (χ1n) is 4.54. The first kappa shape index (κ1) is 12.6. The van der Waals surface area contributed by atoms with E-state index in [0.717, 1.165) is 12.3 Å². The Morgan fingerprint density at radius 2 is 2.06 bits per heavy atom. The minimum atomic E-state index is -3.61. The van der Waals surface area contributed by atoms with Gasteiger partial charge in [-0.05, 0) is 26.0 Å². The van der Waals surface area contributed by atoms with Crippen molar-refractivity contribution < 1.29 is 18.3 Å². The average Bonchev–Trinajstić information content (AvgIpc) is 2.16. The SMILES string of the molecule is CC(C)NS(=O)(=O)c1ccc(C(=O)O)nc1. The van der Waals surface area contributed by atoms with Gasteiger partial charge in [0.25, 0.3) is 0 Å². The number of carboxylic acids is 1. The van der Waals surface area contributed by atoms with E-state index in [9.17, 15) is 13.2 Å². The van der Waals surface area contributed by atoms with Gasteiger partial charge in [0, 0.05) is 12.2 Å². The van der Waals surface area contributed by atoms with Crippen molar-refractivity contribution in [2.24, 2.45) is 0 Å². The summed E-state index contributed by atoms with van der Waals surface area (Å²) in [4.78, 5) is 14.0. The van der Waals surface area contributed by atoms with Crippen LogP contribution in [0.25, 0.3) is 0 Å². The van der Waals surface area contributed by atoms with Crippen LogP contribution in [0.4, 0.5) is 0 Å². The van der Waals surface area contributed by atoms with Crippen LogP contribution < -0.4 is 4.72 Å². The van der Waals surface area contributed by atoms with Gasteiger partial charge in [-0.15, -0.1) is 0 Å². The maximum absolute atomic E-state index is 11.6. The molecule has 16 heavy (non-hydrogen) atoms. The predicted octanol–water partition coefficient (Wildman–Crippen LogP) is 0.466. The number of carboxylic acid groups (broad SMARTS) is 1. The van der Waals surface area contributed by atoms with Crippen molar-refractivity contribution in [2.75, 3.05) is 0 Å². The van der Waals surface area contributed by atoms with Gasteiger partial charge in [-0.1, -0.05) is 0 Å². The van der Waals surface area contributed by atoms with Crippen LogP contribution in [0.1, 0.15) is 24.3 Å². The van der Waals surface area contributed by atoms with Gasteiger partial charge in [-0.25, -0.2) is 22.9 Å². The molecule has 0 bridgehead atoms. The highest BCUT2D eigenvalue weighted by atomic mass is 32.2. The lowest BCUT2D eigenvalue weighted by atomic mass is 10.4. The zero-order valence-electron chi connectivity index (χ0n) is 8.84. The molecule has 7 heteroatoms. The Morgan fingerprint density at radius 1 is 1.44 bits per heavy atom. The van der Waals surface area contributed by atoms with E-state index in [0.29, 0.717) is 0 Å². The molecule has 0 amide bonds. The molecule has 0 unspecified atom stereocenters. The molecule has 0 radical (unpaired) electrons. The highest BCUT2D eigenvalue weighted by Gasteiger charge is 2.16. The summed E-state index contributed by atoms with van der Waals surface area (Å²) in [6.45, 7) is 3.38. The number of hydrogen-bond donors (Lipinski definition) is 2. The lowest BCUT2D eigenvalue weighted by Crippen LogP contribution is -2.30. The van der Waals surface area contributed by atoms with Gasteiger partial charge in [-0.2, -0.15) is 0 Å². The summed E-state index contributed by atoms with van der Waals surface area (Å²) in [5, 5.41) is 8.60. The molecule has 0 aliphatic heterocycles. The third kappa shape index (κ3) is 3.01. The number of rotatable bonds is 4. The smallest absolute Gasteiger partial charge is 0.354 e. The van der Waals surface area contributed by atoms with Crippen LogP contribution in [-0.2, 0) is 10.0 Å². The average molecular weight is 244 g/mol. The first-order chi connectivity index (χ1) is 7.33. The molecule has 1 rings (SSSR count). The monoisotopic (exact) mass is 244 g/mol. The van der Waals surface area contributed by atoms with Gasteiger partial charge in [-0.3, -0.25) is 0 Å². The number of aromatic nitrogens is 1. The lowest BCUT2D eigenvalue weighted by Gasteiger charge is -2.08. The lowest BCUT2D eigenvalue weighted by molar-refractivity contribution is 0.0690. The fraction of sp³-hybridized carbons (Fsp3) is 0.333. The second kappa shape index (κ2) is 4.58. The second-order valence-electron chi connectivity index (χ2n) is 3.46. The molecule has 1 aromatic rings. The van der Waals surface area contributed by atoms with Crippen molar-refractivity contribution in [3.05, 3.63) is 24.0 Å². The van der Waals surface area contributed by atoms with E-state index in [1.54, 1.807) is 13.8 Å². The Kier molecular flexibility index (Phi) is 3.61. The van der Waals surface area contributed by atoms with E-state index in [2.05, 4.69) is 9.71 Å². The normalized spacial score (nSPS) is 11.7. The van der Waals surface area contributed by atoms with Gasteiger partial charge in [0.15, 0.2) is 0 Å². The van der Waals surface area contributed by atoms with E-state index in [1.165, 1.54) is 6.07 Å². The minimum absolute atomic E-state index is 0.0498. The minimum Gasteiger partial charge on any atom is -0.477 e. The molecule has 1 aromatic heterocycles. The predicted molar refractivity (Wildman–Crippen MR) is 56.7 cm³/mol. The second-order valence-corrected chi connectivity index (χ2v) is 5.17. The van der Waals surface area contributed by atoms with Crippen molar-refractivity contribution >= 4 is 16.0 Å². The number of aromatic carboxylic acids is 1. The Labute approximate surface area is 93.4 Å². The molecule has 0 fully saturated rings. The number of sulfonamides is 1. The molecule has 1 heterocycles. The maximum Gasteiger partial charge on any atom is 0.354 e. The van der Waals surface area contributed by atoms with Crippen molar-refractivity contribution in [1.82, 2.24) is 9.71 Å². The number of pyridine rings is 1.